The first-order valence-corrected chi connectivity index (χ1v) is 6.17. The van der Waals surface area contributed by atoms with E-state index < -0.39 is 0 Å². The highest BCUT2D eigenvalue weighted by molar-refractivity contribution is 7.09. The summed E-state index contributed by atoms with van der Waals surface area (Å²) in [6.07, 6.45) is 1.81. The van der Waals surface area contributed by atoms with Crippen LogP contribution in [0.25, 0.3) is 0 Å². The van der Waals surface area contributed by atoms with Crippen molar-refractivity contribution in [3.05, 3.63) is 40.3 Å². The number of nitrogens with one attached hydrogen (secondary N) is 1. The summed E-state index contributed by atoms with van der Waals surface area (Å²) in [7, 11) is 0. The van der Waals surface area contributed by atoms with E-state index in [4.69, 9.17) is 0 Å². The molecule has 3 N–H and O–H groups in total. The first-order valence-electron chi connectivity index (χ1n) is 5.29. The van der Waals surface area contributed by atoms with Crippen LogP contribution in [0, 0.1) is 0 Å². The summed E-state index contributed by atoms with van der Waals surface area (Å²) in [6.45, 7) is 2.64. The SMILES string of the molecule is CC(NCc1cncs1)c1cc(O)ccc1O. The first-order chi connectivity index (χ1) is 8.16. The van der Waals surface area contributed by atoms with Crippen molar-refractivity contribution in [2.24, 2.45) is 0 Å². The molecule has 0 bridgehead atoms. The Morgan fingerprint density at radius 2 is 2.24 bits per heavy atom. The number of benzene rings is 1. The molecule has 0 amide bonds. The minimum atomic E-state index is -0.0378. The summed E-state index contributed by atoms with van der Waals surface area (Å²) < 4.78 is 0. The minimum absolute atomic E-state index is 0.0378. The average molecular weight is 250 g/mol. The zero-order valence-corrected chi connectivity index (χ0v) is 10.2. The Labute approximate surface area is 104 Å². The lowest BCUT2D eigenvalue weighted by atomic mass is 10.1. The Balaban J connectivity index is 2.04. The van der Waals surface area contributed by atoms with Gasteiger partial charge in [-0.3, -0.25) is 4.98 Å². The number of thiazole rings is 1. The second kappa shape index (κ2) is 5.16. The van der Waals surface area contributed by atoms with E-state index in [1.165, 1.54) is 12.1 Å². The molecule has 1 heterocycles. The third-order valence-corrected chi connectivity index (χ3v) is 3.32. The van der Waals surface area contributed by atoms with Gasteiger partial charge in [-0.2, -0.15) is 0 Å². The topological polar surface area (TPSA) is 65.4 Å². The second-order valence-corrected chi connectivity index (χ2v) is 4.78. The van der Waals surface area contributed by atoms with Crippen LogP contribution in [0.4, 0.5) is 0 Å². The van der Waals surface area contributed by atoms with Crippen LogP contribution in [0.1, 0.15) is 23.4 Å². The van der Waals surface area contributed by atoms with E-state index in [0.717, 1.165) is 4.88 Å². The normalized spacial score (nSPS) is 12.5. The largest absolute Gasteiger partial charge is 0.508 e. The van der Waals surface area contributed by atoms with Gasteiger partial charge >= 0.3 is 0 Å². The number of hydrogen-bond acceptors (Lipinski definition) is 5. The number of phenols is 2. The first kappa shape index (κ1) is 11.9. The van der Waals surface area contributed by atoms with Gasteiger partial charge < -0.3 is 15.5 Å². The van der Waals surface area contributed by atoms with Gasteiger partial charge in [0, 0.05) is 29.2 Å². The van der Waals surface area contributed by atoms with E-state index in [-0.39, 0.29) is 17.5 Å². The lowest BCUT2D eigenvalue weighted by Gasteiger charge is -2.15. The molecule has 1 unspecified atom stereocenters. The van der Waals surface area contributed by atoms with Crippen LogP contribution in [0.3, 0.4) is 0 Å². The molecule has 0 aliphatic rings. The fourth-order valence-electron chi connectivity index (χ4n) is 1.58. The molecule has 2 rings (SSSR count). The van der Waals surface area contributed by atoms with Gasteiger partial charge in [0.1, 0.15) is 11.5 Å². The standard InChI is InChI=1S/C12H14N2O2S/c1-8(14-6-10-5-13-7-17-10)11-4-9(15)2-3-12(11)16/h2-5,7-8,14-16H,6H2,1H3. The molecular formula is C12H14N2O2S. The van der Waals surface area contributed by atoms with Crippen molar-refractivity contribution in [2.45, 2.75) is 19.5 Å². The molecule has 0 aliphatic carbocycles. The Hall–Kier alpha value is -1.59. The van der Waals surface area contributed by atoms with Gasteiger partial charge in [-0.05, 0) is 25.1 Å². The third-order valence-electron chi connectivity index (χ3n) is 2.54. The highest BCUT2D eigenvalue weighted by Crippen LogP contribution is 2.27. The van der Waals surface area contributed by atoms with E-state index >= 15 is 0 Å². The lowest BCUT2D eigenvalue weighted by molar-refractivity contribution is 0.441. The fourth-order valence-corrected chi connectivity index (χ4v) is 2.13. The van der Waals surface area contributed by atoms with E-state index in [0.29, 0.717) is 12.1 Å². The quantitative estimate of drug-likeness (QED) is 0.729. The Morgan fingerprint density at radius 1 is 1.41 bits per heavy atom. The van der Waals surface area contributed by atoms with Gasteiger partial charge in [0.25, 0.3) is 0 Å². The summed E-state index contributed by atoms with van der Waals surface area (Å²) >= 11 is 1.58. The van der Waals surface area contributed by atoms with Crippen LogP contribution in [0.15, 0.2) is 29.9 Å². The molecule has 90 valence electrons. The molecular weight excluding hydrogens is 236 g/mol. The van der Waals surface area contributed by atoms with Crippen molar-refractivity contribution in [3.63, 3.8) is 0 Å². The van der Waals surface area contributed by atoms with Crippen molar-refractivity contribution in [1.29, 1.82) is 0 Å². The maximum Gasteiger partial charge on any atom is 0.120 e. The number of phenolic OH excluding ortho intramolecular Hbond substituents is 2. The van der Waals surface area contributed by atoms with E-state index in [9.17, 15) is 10.2 Å². The number of aromatic hydroxyl groups is 2. The van der Waals surface area contributed by atoms with Crippen LogP contribution in [0.5, 0.6) is 11.5 Å². The van der Waals surface area contributed by atoms with E-state index in [1.807, 2.05) is 13.1 Å². The van der Waals surface area contributed by atoms with Crippen molar-refractivity contribution in [1.82, 2.24) is 10.3 Å². The molecule has 1 aromatic carbocycles. The van der Waals surface area contributed by atoms with Gasteiger partial charge in [0.15, 0.2) is 0 Å². The molecule has 0 fully saturated rings. The van der Waals surface area contributed by atoms with Crippen molar-refractivity contribution in [2.75, 3.05) is 0 Å². The number of aromatic nitrogens is 1. The summed E-state index contributed by atoms with van der Waals surface area (Å²) in [5, 5.41) is 22.4. The zero-order valence-electron chi connectivity index (χ0n) is 9.42. The predicted octanol–water partition coefficient (Wildman–Crippen LogP) is 2.41. The number of nitrogens with zero attached hydrogens (tertiary/aromatic N) is 1. The summed E-state index contributed by atoms with van der Waals surface area (Å²) in [5.41, 5.74) is 2.47. The summed E-state index contributed by atoms with van der Waals surface area (Å²) in [5.74, 6) is 0.344. The summed E-state index contributed by atoms with van der Waals surface area (Å²) in [6, 6.07) is 4.49. The Morgan fingerprint density at radius 3 is 2.94 bits per heavy atom. The van der Waals surface area contributed by atoms with Gasteiger partial charge in [0.2, 0.25) is 0 Å². The Bertz CT molecular complexity index is 485. The molecule has 0 aliphatic heterocycles. The van der Waals surface area contributed by atoms with Crippen molar-refractivity contribution in [3.8, 4) is 11.5 Å². The molecule has 1 aromatic heterocycles. The van der Waals surface area contributed by atoms with Crippen LogP contribution in [0.2, 0.25) is 0 Å². The minimum Gasteiger partial charge on any atom is -0.508 e. The van der Waals surface area contributed by atoms with Gasteiger partial charge in [-0.25, -0.2) is 0 Å². The van der Waals surface area contributed by atoms with Crippen molar-refractivity contribution < 1.29 is 10.2 Å². The predicted molar refractivity (Wildman–Crippen MR) is 67.1 cm³/mol. The molecule has 1 atom stereocenters. The number of hydrogen-bond donors (Lipinski definition) is 3. The maximum absolute atomic E-state index is 9.70. The smallest absolute Gasteiger partial charge is 0.120 e. The number of rotatable bonds is 4. The van der Waals surface area contributed by atoms with Gasteiger partial charge in [0.05, 0.1) is 5.51 Å². The van der Waals surface area contributed by atoms with Crippen LogP contribution < -0.4 is 5.32 Å². The monoisotopic (exact) mass is 250 g/mol. The van der Waals surface area contributed by atoms with E-state index in [1.54, 1.807) is 22.9 Å². The molecule has 4 nitrogen and oxygen atoms in total. The van der Waals surface area contributed by atoms with Crippen LogP contribution in [-0.4, -0.2) is 15.2 Å². The fraction of sp³-hybridized carbons (Fsp3) is 0.250. The molecule has 0 spiro atoms. The van der Waals surface area contributed by atoms with Crippen molar-refractivity contribution >= 4 is 11.3 Å². The second-order valence-electron chi connectivity index (χ2n) is 3.81. The molecule has 2 aromatic rings. The molecule has 17 heavy (non-hydrogen) atoms. The highest BCUT2D eigenvalue weighted by atomic mass is 32.1. The average Bonchev–Trinajstić information content (AvgIpc) is 2.82. The van der Waals surface area contributed by atoms with E-state index in [2.05, 4.69) is 10.3 Å². The maximum atomic E-state index is 9.70. The Kier molecular flexibility index (Phi) is 3.61. The molecule has 5 heteroatoms. The highest BCUT2D eigenvalue weighted by Gasteiger charge is 2.10. The van der Waals surface area contributed by atoms with Crippen LogP contribution in [-0.2, 0) is 6.54 Å². The van der Waals surface area contributed by atoms with Gasteiger partial charge in [-0.15, -0.1) is 11.3 Å². The molecule has 0 saturated heterocycles. The molecule has 0 radical (unpaired) electrons. The zero-order chi connectivity index (χ0) is 12.3. The summed E-state index contributed by atoms with van der Waals surface area (Å²) in [4.78, 5) is 5.13. The van der Waals surface area contributed by atoms with Gasteiger partial charge in [-0.1, -0.05) is 0 Å². The third kappa shape index (κ3) is 2.95. The molecule has 0 saturated carbocycles. The lowest BCUT2D eigenvalue weighted by Crippen LogP contribution is -2.17. The van der Waals surface area contributed by atoms with Crippen LogP contribution >= 0.6 is 11.3 Å².